The second kappa shape index (κ2) is 3.37. The molecular formula is C9H10N4O. The van der Waals surface area contributed by atoms with Crippen molar-refractivity contribution in [3.8, 4) is 11.4 Å². The summed E-state index contributed by atoms with van der Waals surface area (Å²) in [6, 6.07) is 5.51. The Balaban J connectivity index is 2.54. The third kappa shape index (κ3) is 1.28. The molecule has 1 aromatic heterocycles. The lowest BCUT2D eigenvalue weighted by Crippen LogP contribution is -2.01. The van der Waals surface area contributed by atoms with Gasteiger partial charge in [0, 0.05) is 0 Å². The van der Waals surface area contributed by atoms with E-state index in [1.807, 2.05) is 12.1 Å². The number of para-hydroxylation sites is 1. The van der Waals surface area contributed by atoms with E-state index in [1.54, 1.807) is 24.2 Å². The first kappa shape index (κ1) is 8.55. The number of nitrogens with two attached hydrogens (primary N) is 1. The van der Waals surface area contributed by atoms with Gasteiger partial charge in [-0.3, -0.25) is 0 Å². The Morgan fingerprint density at radius 2 is 2.29 bits per heavy atom. The minimum atomic E-state index is 0.556. The average molecular weight is 190 g/mol. The molecule has 5 heteroatoms. The highest BCUT2D eigenvalue weighted by molar-refractivity contribution is 5.65. The molecule has 0 aliphatic heterocycles. The number of benzene rings is 1. The molecular weight excluding hydrogens is 180 g/mol. The minimum Gasteiger partial charge on any atom is -0.495 e. The lowest BCUT2D eigenvalue weighted by atomic mass is 10.2. The average Bonchev–Trinajstić information content (AvgIpc) is 2.71. The molecule has 2 N–H and O–H groups in total. The van der Waals surface area contributed by atoms with Crippen molar-refractivity contribution in [1.82, 2.24) is 14.8 Å². The van der Waals surface area contributed by atoms with E-state index < -0.39 is 0 Å². The van der Waals surface area contributed by atoms with Crippen molar-refractivity contribution in [3.05, 3.63) is 30.9 Å². The van der Waals surface area contributed by atoms with Gasteiger partial charge in [-0.1, -0.05) is 6.07 Å². The van der Waals surface area contributed by atoms with Crippen molar-refractivity contribution in [3.63, 3.8) is 0 Å². The van der Waals surface area contributed by atoms with Crippen LogP contribution < -0.4 is 10.5 Å². The Kier molecular flexibility index (Phi) is 2.06. The lowest BCUT2D eigenvalue weighted by molar-refractivity contribution is 0.416. The molecule has 0 amide bonds. The fourth-order valence-electron chi connectivity index (χ4n) is 1.24. The third-order valence-corrected chi connectivity index (χ3v) is 1.93. The van der Waals surface area contributed by atoms with E-state index in [4.69, 9.17) is 10.5 Å². The number of methoxy groups -OCH3 is 1. The highest BCUT2D eigenvalue weighted by atomic mass is 16.5. The van der Waals surface area contributed by atoms with Crippen LogP contribution >= 0.6 is 0 Å². The summed E-state index contributed by atoms with van der Waals surface area (Å²) in [5.74, 6) is 0.637. The second-order valence-electron chi connectivity index (χ2n) is 2.73. The Morgan fingerprint density at radius 1 is 1.43 bits per heavy atom. The number of ether oxygens (including phenoxy) is 1. The van der Waals surface area contributed by atoms with Crippen LogP contribution in [0.2, 0.25) is 0 Å². The second-order valence-corrected chi connectivity index (χ2v) is 2.73. The zero-order valence-corrected chi connectivity index (χ0v) is 7.71. The highest BCUT2D eigenvalue weighted by Gasteiger charge is 2.06. The van der Waals surface area contributed by atoms with Crippen molar-refractivity contribution >= 4 is 5.69 Å². The molecule has 0 fully saturated rings. The van der Waals surface area contributed by atoms with Crippen LogP contribution in [0.15, 0.2) is 30.9 Å². The van der Waals surface area contributed by atoms with Crippen molar-refractivity contribution in [1.29, 1.82) is 0 Å². The zero-order valence-electron chi connectivity index (χ0n) is 7.71. The SMILES string of the molecule is COc1cccc(-n2cncn2)c1N. The van der Waals surface area contributed by atoms with Gasteiger partial charge in [0.15, 0.2) is 0 Å². The van der Waals surface area contributed by atoms with E-state index in [0.717, 1.165) is 5.69 Å². The Morgan fingerprint density at radius 3 is 2.93 bits per heavy atom. The van der Waals surface area contributed by atoms with Crippen molar-refractivity contribution < 1.29 is 4.74 Å². The molecule has 0 aliphatic carbocycles. The summed E-state index contributed by atoms with van der Waals surface area (Å²) in [5.41, 5.74) is 7.19. The number of nitrogens with zero attached hydrogens (tertiary/aromatic N) is 3. The van der Waals surface area contributed by atoms with E-state index in [1.165, 1.54) is 6.33 Å². The van der Waals surface area contributed by atoms with Crippen molar-refractivity contribution in [2.24, 2.45) is 0 Å². The number of hydrogen-bond donors (Lipinski definition) is 1. The summed E-state index contributed by atoms with van der Waals surface area (Å²) in [4.78, 5) is 3.85. The Bertz CT molecular complexity index is 424. The van der Waals surface area contributed by atoms with Gasteiger partial charge >= 0.3 is 0 Å². The third-order valence-electron chi connectivity index (χ3n) is 1.93. The summed E-state index contributed by atoms with van der Waals surface area (Å²) in [7, 11) is 1.58. The predicted molar refractivity (Wildman–Crippen MR) is 52.3 cm³/mol. The summed E-state index contributed by atoms with van der Waals surface area (Å²) in [5, 5.41) is 3.99. The van der Waals surface area contributed by atoms with Crippen LogP contribution in [0.1, 0.15) is 0 Å². The van der Waals surface area contributed by atoms with Gasteiger partial charge in [-0.15, -0.1) is 0 Å². The van der Waals surface area contributed by atoms with Crippen LogP contribution in [-0.2, 0) is 0 Å². The molecule has 5 nitrogen and oxygen atoms in total. The molecule has 0 aliphatic rings. The van der Waals surface area contributed by atoms with Crippen LogP contribution in [0.4, 0.5) is 5.69 Å². The Labute approximate surface area is 81.1 Å². The standard InChI is InChI=1S/C9H10N4O/c1-14-8-4-2-3-7(9(8)10)13-6-11-5-12-13/h2-6H,10H2,1H3. The van der Waals surface area contributed by atoms with E-state index in [2.05, 4.69) is 10.1 Å². The van der Waals surface area contributed by atoms with Gasteiger partial charge in [-0.25, -0.2) is 9.67 Å². The van der Waals surface area contributed by atoms with Crippen molar-refractivity contribution in [2.75, 3.05) is 12.8 Å². The number of anilines is 1. The van der Waals surface area contributed by atoms with Gasteiger partial charge in [-0.2, -0.15) is 5.10 Å². The van der Waals surface area contributed by atoms with E-state index >= 15 is 0 Å². The topological polar surface area (TPSA) is 66.0 Å². The summed E-state index contributed by atoms with van der Waals surface area (Å²) < 4.78 is 6.69. The van der Waals surface area contributed by atoms with Crippen LogP contribution in [0.3, 0.4) is 0 Å². The maximum Gasteiger partial charge on any atom is 0.143 e. The van der Waals surface area contributed by atoms with E-state index in [9.17, 15) is 0 Å². The first-order valence-electron chi connectivity index (χ1n) is 4.10. The Hall–Kier alpha value is -2.04. The monoisotopic (exact) mass is 190 g/mol. The fraction of sp³-hybridized carbons (Fsp3) is 0.111. The molecule has 0 radical (unpaired) electrons. The maximum atomic E-state index is 5.87. The largest absolute Gasteiger partial charge is 0.495 e. The van der Waals surface area contributed by atoms with Gasteiger partial charge in [0.25, 0.3) is 0 Å². The molecule has 0 spiro atoms. The minimum absolute atomic E-state index is 0.556. The lowest BCUT2D eigenvalue weighted by Gasteiger charge is -2.08. The molecule has 0 saturated heterocycles. The predicted octanol–water partition coefficient (Wildman–Crippen LogP) is 0.858. The van der Waals surface area contributed by atoms with Crippen LogP contribution in [0.5, 0.6) is 5.75 Å². The maximum absolute atomic E-state index is 5.87. The molecule has 72 valence electrons. The van der Waals surface area contributed by atoms with Crippen LogP contribution in [0.25, 0.3) is 5.69 Å². The first-order valence-corrected chi connectivity index (χ1v) is 4.10. The molecule has 2 aromatic rings. The molecule has 1 aromatic carbocycles. The molecule has 2 rings (SSSR count). The summed E-state index contributed by atoms with van der Waals surface area (Å²) >= 11 is 0. The normalized spacial score (nSPS) is 10.1. The summed E-state index contributed by atoms with van der Waals surface area (Å²) in [6.45, 7) is 0. The molecule has 14 heavy (non-hydrogen) atoms. The molecule has 0 saturated carbocycles. The van der Waals surface area contributed by atoms with Gasteiger partial charge in [0.2, 0.25) is 0 Å². The fourth-order valence-corrected chi connectivity index (χ4v) is 1.24. The molecule has 0 bridgehead atoms. The zero-order chi connectivity index (χ0) is 9.97. The van der Waals surface area contributed by atoms with E-state index in [-0.39, 0.29) is 0 Å². The molecule has 1 heterocycles. The number of aromatic nitrogens is 3. The van der Waals surface area contributed by atoms with E-state index in [0.29, 0.717) is 11.4 Å². The number of rotatable bonds is 2. The van der Waals surface area contributed by atoms with Gasteiger partial charge < -0.3 is 10.5 Å². The number of nitrogen functional groups attached to an aromatic ring is 1. The highest BCUT2D eigenvalue weighted by Crippen LogP contribution is 2.26. The van der Waals surface area contributed by atoms with Gasteiger partial charge in [-0.05, 0) is 12.1 Å². The molecule has 0 unspecified atom stereocenters. The summed E-state index contributed by atoms with van der Waals surface area (Å²) in [6.07, 6.45) is 3.05. The van der Waals surface area contributed by atoms with Crippen molar-refractivity contribution in [2.45, 2.75) is 0 Å². The number of hydrogen-bond acceptors (Lipinski definition) is 4. The first-order chi connectivity index (χ1) is 6.83. The van der Waals surface area contributed by atoms with Gasteiger partial charge in [0.1, 0.15) is 24.1 Å². The van der Waals surface area contributed by atoms with Crippen LogP contribution in [-0.4, -0.2) is 21.9 Å². The quantitative estimate of drug-likeness (QED) is 0.713. The molecule has 0 atom stereocenters. The van der Waals surface area contributed by atoms with Gasteiger partial charge in [0.05, 0.1) is 12.8 Å². The van der Waals surface area contributed by atoms with Crippen LogP contribution in [0, 0.1) is 0 Å². The smallest absolute Gasteiger partial charge is 0.143 e.